The first-order chi connectivity index (χ1) is 10.9. The Morgan fingerprint density at radius 3 is 2.39 bits per heavy atom. The highest BCUT2D eigenvalue weighted by Gasteiger charge is 2.12. The molecule has 2 aromatic rings. The number of amides is 1. The second-order valence-electron chi connectivity index (χ2n) is 6.42. The lowest BCUT2D eigenvalue weighted by Crippen LogP contribution is -2.21. The Morgan fingerprint density at radius 1 is 1.09 bits per heavy atom. The molecule has 4 nitrogen and oxygen atoms in total. The van der Waals surface area contributed by atoms with Gasteiger partial charge in [0.25, 0.3) is 0 Å². The lowest BCUT2D eigenvalue weighted by Gasteiger charge is -2.19. The molecule has 1 amide bonds. The smallest absolute Gasteiger partial charge is 0.243 e. The van der Waals surface area contributed by atoms with E-state index < -0.39 is 0 Å². The van der Waals surface area contributed by atoms with E-state index in [0.717, 1.165) is 5.69 Å². The van der Waals surface area contributed by atoms with Crippen molar-refractivity contribution in [3.8, 4) is 6.07 Å². The van der Waals surface area contributed by atoms with Crippen LogP contribution in [0.5, 0.6) is 0 Å². The number of nitrogens with zero attached hydrogens (tertiary/aromatic N) is 1. The molecule has 0 aliphatic carbocycles. The molecule has 4 heteroatoms. The summed E-state index contributed by atoms with van der Waals surface area (Å²) >= 11 is 0. The summed E-state index contributed by atoms with van der Waals surface area (Å²) in [5.74, 6) is -0.153. The number of rotatable bonds is 4. The van der Waals surface area contributed by atoms with Gasteiger partial charge in [0, 0.05) is 11.4 Å². The maximum absolute atomic E-state index is 12.0. The molecule has 0 saturated heterocycles. The largest absolute Gasteiger partial charge is 0.376 e. The molecule has 0 fully saturated rings. The molecule has 23 heavy (non-hydrogen) atoms. The fourth-order valence-electron chi connectivity index (χ4n) is 2.14. The van der Waals surface area contributed by atoms with Gasteiger partial charge in [-0.2, -0.15) is 5.26 Å². The molecule has 0 unspecified atom stereocenters. The summed E-state index contributed by atoms with van der Waals surface area (Å²) in [5, 5.41) is 14.7. The zero-order valence-electron chi connectivity index (χ0n) is 13.7. The fraction of sp³-hybridized carbons (Fsp3) is 0.263. The second-order valence-corrected chi connectivity index (χ2v) is 6.42. The molecule has 0 aliphatic heterocycles. The van der Waals surface area contributed by atoms with E-state index >= 15 is 0 Å². The molecule has 0 aliphatic rings. The molecule has 0 spiro atoms. The van der Waals surface area contributed by atoms with Crippen LogP contribution in [0.15, 0.2) is 48.5 Å². The van der Waals surface area contributed by atoms with Crippen LogP contribution in [0.1, 0.15) is 31.9 Å². The van der Waals surface area contributed by atoms with Crippen LogP contribution in [0.25, 0.3) is 0 Å². The maximum atomic E-state index is 12.0. The molecular weight excluding hydrogens is 286 g/mol. The van der Waals surface area contributed by atoms with Crippen molar-refractivity contribution in [1.82, 2.24) is 0 Å². The van der Waals surface area contributed by atoms with Crippen molar-refractivity contribution >= 4 is 17.3 Å². The van der Waals surface area contributed by atoms with Crippen molar-refractivity contribution in [1.29, 1.82) is 5.26 Å². The molecule has 0 saturated carbocycles. The summed E-state index contributed by atoms with van der Waals surface area (Å²) in [4.78, 5) is 12.0. The SMILES string of the molecule is CC(C)(C)c1ccc(NCC(=O)Nc2cccc(C#N)c2)cc1. The van der Waals surface area contributed by atoms with E-state index in [1.54, 1.807) is 24.3 Å². The van der Waals surface area contributed by atoms with Crippen molar-refractivity contribution in [2.24, 2.45) is 0 Å². The summed E-state index contributed by atoms with van der Waals surface area (Å²) in [6.07, 6.45) is 0. The molecular formula is C19H21N3O. The Hall–Kier alpha value is -2.80. The zero-order valence-corrected chi connectivity index (χ0v) is 13.7. The van der Waals surface area contributed by atoms with Crippen LogP contribution in [0.4, 0.5) is 11.4 Å². The molecule has 2 aromatic carbocycles. The van der Waals surface area contributed by atoms with Gasteiger partial charge in [-0.3, -0.25) is 4.79 Å². The number of carbonyl (C=O) groups excluding carboxylic acids is 1. The van der Waals surface area contributed by atoms with Gasteiger partial charge < -0.3 is 10.6 Å². The zero-order chi connectivity index (χ0) is 16.9. The van der Waals surface area contributed by atoms with Crippen LogP contribution in [0, 0.1) is 11.3 Å². The molecule has 2 N–H and O–H groups in total. The highest BCUT2D eigenvalue weighted by molar-refractivity contribution is 5.93. The summed E-state index contributed by atoms with van der Waals surface area (Å²) in [7, 11) is 0. The van der Waals surface area contributed by atoms with E-state index in [0.29, 0.717) is 11.3 Å². The van der Waals surface area contributed by atoms with Crippen LogP contribution in [0.2, 0.25) is 0 Å². The molecule has 0 bridgehead atoms. The highest BCUT2D eigenvalue weighted by Crippen LogP contribution is 2.23. The van der Waals surface area contributed by atoms with Gasteiger partial charge in [0.2, 0.25) is 5.91 Å². The molecule has 0 radical (unpaired) electrons. The van der Waals surface area contributed by atoms with E-state index in [1.807, 2.05) is 18.2 Å². The number of anilines is 2. The predicted octanol–water partition coefficient (Wildman–Crippen LogP) is 3.91. The van der Waals surface area contributed by atoms with Crippen LogP contribution < -0.4 is 10.6 Å². The average molecular weight is 307 g/mol. The number of hydrogen-bond acceptors (Lipinski definition) is 3. The Morgan fingerprint density at radius 2 is 1.78 bits per heavy atom. The number of hydrogen-bond donors (Lipinski definition) is 2. The van der Waals surface area contributed by atoms with Crippen LogP contribution in [0.3, 0.4) is 0 Å². The average Bonchev–Trinajstić information content (AvgIpc) is 2.52. The lowest BCUT2D eigenvalue weighted by molar-refractivity contribution is -0.114. The van der Waals surface area contributed by atoms with Crippen molar-refractivity contribution in [3.05, 3.63) is 59.7 Å². The molecule has 0 atom stereocenters. The monoisotopic (exact) mass is 307 g/mol. The van der Waals surface area contributed by atoms with E-state index in [1.165, 1.54) is 5.56 Å². The molecule has 0 heterocycles. The minimum atomic E-state index is -0.153. The van der Waals surface area contributed by atoms with Gasteiger partial charge in [-0.25, -0.2) is 0 Å². The summed E-state index contributed by atoms with van der Waals surface area (Å²) in [6, 6.07) is 17.0. The molecule has 2 rings (SSSR count). The number of nitriles is 1. The Kier molecular flexibility index (Phi) is 5.02. The second kappa shape index (κ2) is 6.97. The third kappa shape index (κ3) is 4.86. The quantitative estimate of drug-likeness (QED) is 0.900. The van der Waals surface area contributed by atoms with Crippen LogP contribution in [-0.4, -0.2) is 12.5 Å². The van der Waals surface area contributed by atoms with E-state index in [4.69, 9.17) is 5.26 Å². The number of benzene rings is 2. The first-order valence-electron chi connectivity index (χ1n) is 7.53. The van der Waals surface area contributed by atoms with E-state index in [-0.39, 0.29) is 17.9 Å². The van der Waals surface area contributed by atoms with Crippen molar-refractivity contribution in [3.63, 3.8) is 0 Å². The number of nitrogens with one attached hydrogen (secondary N) is 2. The van der Waals surface area contributed by atoms with Crippen LogP contribution >= 0.6 is 0 Å². The lowest BCUT2D eigenvalue weighted by atomic mass is 9.87. The summed E-state index contributed by atoms with van der Waals surface area (Å²) in [5.41, 5.74) is 3.41. The topological polar surface area (TPSA) is 64.9 Å². The number of carbonyl (C=O) groups is 1. The Labute approximate surface area is 137 Å². The third-order valence-electron chi connectivity index (χ3n) is 3.48. The van der Waals surface area contributed by atoms with Crippen molar-refractivity contribution in [2.45, 2.75) is 26.2 Å². The van der Waals surface area contributed by atoms with Gasteiger partial charge in [0.15, 0.2) is 0 Å². The van der Waals surface area contributed by atoms with Gasteiger partial charge in [0.05, 0.1) is 18.2 Å². The van der Waals surface area contributed by atoms with E-state index in [9.17, 15) is 4.79 Å². The first kappa shape index (κ1) is 16.6. The Bertz CT molecular complexity index is 722. The van der Waals surface area contributed by atoms with Gasteiger partial charge in [-0.15, -0.1) is 0 Å². The van der Waals surface area contributed by atoms with Gasteiger partial charge in [0.1, 0.15) is 0 Å². The van der Waals surface area contributed by atoms with Crippen molar-refractivity contribution in [2.75, 3.05) is 17.2 Å². The minimum Gasteiger partial charge on any atom is -0.376 e. The summed E-state index contributed by atoms with van der Waals surface area (Å²) in [6.45, 7) is 6.67. The molecule has 0 aromatic heterocycles. The fourth-order valence-corrected chi connectivity index (χ4v) is 2.14. The maximum Gasteiger partial charge on any atom is 0.243 e. The molecule has 118 valence electrons. The van der Waals surface area contributed by atoms with E-state index in [2.05, 4.69) is 43.5 Å². The first-order valence-corrected chi connectivity index (χ1v) is 7.53. The van der Waals surface area contributed by atoms with Gasteiger partial charge >= 0.3 is 0 Å². The predicted molar refractivity (Wildman–Crippen MR) is 93.4 cm³/mol. The highest BCUT2D eigenvalue weighted by atomic mass is 16.1. The van der Waals surface area contributed by atoms with Gasteiger partial charge in [-0.05, 0) is 41.3 Å². The normalized spacial score (nSPS) is 10.7. The Balaban J connectivity index is 1.90. The van der Waals surface area contributed by atoms with Gasteiger partial charge in [-0.1, -0.05) is 39.0 Å². The van der Waals surface area contributed by atoms with Crippen molar-refractivity contribution < 1.29 is 4.79 Å². The standard InChI is InChI=1S/C19H21N3O/c1-19(2,3)15-7-9-16(10-8-15)21-13-18(23)22-17-6-4-5-14(11-17)12-20/h4-11,21H,13H2,1-3H3,(H,22,23). The third-order valence-corrected chi connectivity index (χ3v) is 3.48. The summed E-state index contributed by atoms with van der Waals surface area (Å²) < 4.78 is 0. The van der Waals surface area contributed by atoms with Crippen LogP contribution in [-0.2, 0) is 10.2 Å². The minimum absolute atomic E-state index is 0.113.